The third kappa shape index (κ3) is 2.38. The van der Waals surface area contributed by atoms with Gasteiger partial charge < -0.3 is 15.6 Å². The maximum atomic E-state index is 11.8. The molecule has 0 saturated heterocycles. The Balaban J connectivity index is 1.90. The van der Waals surface area contributed by atoms with Crippen LogP contribution in [-0.4, -0.2) is 17.0 Å². The highest BCUT2D eigenvalue weighted by atomic mass is 16.1. The van der Waals surface area contributed by atoms with Crippen LogP contribution in [0.25, 0.3) is 0 Å². The minimum atomic E-state index is -0.0221. The van der Waals surface area contributed by atoms with Gasteiger partial charge in [0.05, 0.1) is 5.69 Å². The number of nitrogens with zero attached hydrogens (tertiary/aromatic N) is 1. The van der Waals surface area contributed by atoms with Crippen LogP contribution in [0.3, 0.4) is 0 Å². The highest BCUT2D eigenvalue weighted by Crippen LogP contribution is 2.23. The summed E-state index contributed by atoms with van der Waals surface area (Å²) in [6.45, 7) is 0.796. The standard InChI is InChI=1S/C12H19N3O/c1-15-8-10(13)6-11(15)12(16)14-7-9-4-2-3-5-9/h6,8-9H,2-5,7,13H2,1H3,(H,14,16). The zero-order valence-corrected chi connectivity index (χ0v) is 9.70. The summed E-state index contributed by atoms with van der Waals surface area (Å²) >= 11 is 0. The number of nitrogen functional groups attached to an aromatic ring is 1. The molecule has 88 valence electrons. The smallest absolute Gasteiger partial charge is 0.267 e. The molecule has 1 heterocycles. The molecule has 1 saturated carbocycles. The number of aromatic nitrogens is 1. The van der Waals surface area contributed by atoms with E-state index in [9.17, 15) is 4.79 Å². The Hall–Kier alpha value is -1.45. The normalized spacial score (nSPS) is 16.6. The second kappa shape index (κ2) is 4.60. The number of anilines is 1. The van der Waals surface area contributed by atoms with E-state index < -0.39 is 0 Å². The molecule has 4 heteroatoms. The predicted molar refractivity (Wildman–Crippen MR) is 64.1 cm³/mol. The Morgan fingerprint density at radius 2 is 2.25 bits per heavy atom. The van der Waals surface area contributed by atoms with Crippen LogP contribution in [0, 0.1) is 5.92 Å². The lowest BCUT2D eigenvalue weighted by Gasteiger charge is -2.10. The molecule has 4 nitrogen and oxygen atoms in total. The Morgan fingerprint density at radius 1 is 1.56 bits per heavy atom. The highest BCUT2D eigenvalue weighted by molar-refractivity contribution is 5.93. The van der Waals surface area contributed by atoms with Gasteiger partial charge in [-0.15, -0.1) is 0 Å². The third-order valence-corrected chi connectivity index (χ3v) is 3.28. The summed E-state index contributed by atoms with van der Waals surface area (Å²) in [5.41, 5.74) is 6.90. The zero-order chi connectivity index (χ0) is 11.5. The van der Waals surface area contributed by atoms with Crippen molar-refractivity contribution in [1.82, 2.24) is 9.88 Å². The average Bonchev–Trinajstić information content (AvgIpc) is 2.84. The molecule has 0 unspecified atom stereocenters. The fourth-order valence-electron chi connectivity index (χ4n) is 2.36. The van der Waals surface area contributed by atoms with Gasteiger partial charge in [-0.1, -0.05) is 12.8 Å². The Morgan fingerprint density at radius 3 is 2.81 bits per heavy atom. The molecule has 16 heavy (non-hydrogen) atoms. The van der Waals surface area contributed by atoms with Crippen LogP contribution in [0.15, 0.2) is 12.3 Å². The van der Waals surface area contributed by atoms with E-state index in [0.29, 0.717) is 17.3 Å². The molecule has 0 aliphatic heterocycles. The molecule has 1 aliphatic carbocycles. The van der Waals surface area contributed by atoms with Gasteiger partial charge in [-0.25, -0.2) is 0 Å². The first kappa shape index (κ1) is 11.0. The van der Waals surface area contributed by atoms with Crippen molar-refractivity contribution in [2.24, 2.45) is 13.0 Å². The number of nitrogens with one attached hydrogen (secondary N) is 1. The molecule has 1 aromatic heterocycles. The SMILES string of the molecule is Cn1cc(N)cc1C(=O)NCC1CCCC1. The van der Waals surface area contributed by atoms with Gasteiger partial charge in [0.15, 0.2) is 0 Å². The van der Waals surface area contributed by atoms with Crippen molar-refractivity contribution in [2.75, 3.05) is 12.3 Å². The first-order valence-corrected chi connectivity index (χ1v) is 5.87. The van der Waals surface area contributed by atoms with Crippen LogP contribution in [0.4, 0.5) is 5.69 Å². The summed E-state index contributed by atoms with van der Waals surface area (Å²) in [4.78, 5) is 11.8. The van der Waals surface area contributed by atoms with E-state index in [1.807, 2.05) is 7.05 Å². The Labute approximate surface area is 95.8 Å². The maximum absolute atomic E-state index is 11.8. The summed E-state index contributed by atoms with van der Waals surface area (Å²) < 4.78 is 1.76. The minimum absolute atomic E-state index is 0.0221. The van der Waals surface area contributed by atoms with E-state index in [-0.39, 0.29) is 5.91 Å². The van der Waals surface area contributed by atoms with Crippen LogP contribution >= 0.6 is 0 Å². The largest absolute Gasteiger partial charge is 0.397 e. The van der Waals surface area contributed by atoms with Gasteiger partial charge in [0, 0.05) is 19.8 Å². The fraction of sp³-hybridized carbons (Fsp3) is 0.583. The summed E-state index contributed by atoms with van der Waals surface area (Å²) in [5.74, 6) is 0.646. The summed E-state index contributed by atoms with van der Waals surface area (Å²) in [5, 5.41) is 2.98. The van der Waals surface area contributed by atoms with Gasteiger partial charge in [-0.3, -0.25) is 4.79 Å². The lowest BCUT2D eigenvalue weighted by Crippen LogP contribution is -2.29. The Kier molecular flexibility index (Phi) is 3.17. The molecule has 0 atom stereocenters. The van der Waals surface area contributed by atoms with Gasteiger partial charge in [-0.2, -0.15) is 0 Å². The molecule has 2 rings (SSSR count). The van der Waals surface area contributed by atoms with Crippen LogP contribution < -0.4 is 11.1 Å². The number of nitrogens with two attached hydrogens (primary N) is 1. The first-order valence-electron chi connectivity index (χ1n) is 5.87. The molecule has 1 amide bonds. The van der Waals surface area contributed by atoms with Gasteiger partial charge in [0.25, 0.3) is 5.91 Å². The first-order chi connectivity index (χ1) is 7.66. The number of hydrogen-bond donors (Lipinski definition) is 2. The van der Waals surface area contributed by atoms with Crippen LogP contribution in [0.1, 0.15) is 36.2 Å². The van der Waals surface area contributed by atoms with Crippen molar-refractivity contribution >= 4 is 11.6 Å². The number of carbonyl (C=O) groups is 1. The fourth-order valence-corrected chi connectivity index (χ4v) is 2.36. The number of aryl methyl sites for hydroxylation is 1. The second-order valence-electron chi connectivity index (χ2n) is 4.63. The van der Waals surface area contributed by atoms with Gasteiger partial charge in [-0.05, 0) is 24.8 Å². The molecule has 0 spiro atoms. The van der Waals surface area contributed by atoms with Crippen molar-refractivity contribution < 1.29 is 4.79 Å². The van der Waals surface area contributed by atoms with Crippen LogP contribution in [0.5, 0.6) is 0 Å². The van der Waals surface area contributed by atoms with E-state index >= 15 is 0 Å². The topological polar surface area (TPSA) is 60.0 Å². The van der Waals surface area contributed by atoms with E-state index in [4.69, 9.17) is 5.73 Å². The third-order valence-electron chi connectivity index (χ3n) is 3.28. The van der Waals surface area contributed by atoms with Crippen LogP contribution in [0.2, 0.25) is 0 Å². The number of amides is 1. The number of carbonyl (C=O) groups excluding carboxylic acids is 1. The molecule has 3 N–H and O–H groups in total. The molecule has 1 aliphatic rings. The van der Waals surface area contributed by atoms with E-state index in [1.54, 1.807) is 16.8 Å². The van der Waals surface area contributed by atoms with Crippen molar-refractivity contribution in [3.63, 3.8) is 0 Å². The predicted octanol–water partition coefficient (Wildman–Crippen LogP) is 1.53. The summed E-state index contributed by atoms with van der Waals surface area (Å²) in [6.07, 6.45) is 6.85. The minimum Gasteiger partial charge on any atom is -0.397 e. The van der Waals surface area contributed by atoms with E-state index in [2.05, 4.69) is 5.32 Å². The van der Waals surface area contributed by atoms with E-state index in [1.165, 1.54) is 25.7 Å². The monoisotopic (exact) mass is 221 g/mol. The lowest BCUT2D eigenvalue weighted by atomic mass is 10.1. The van der Waals surface area contributed by atoms with Crippen molar-refractivity contribution in [3.8, 4) is 0 Å². The van der Waals surface area contributed by atoms with Gasteiger partial charge >= 0.3 is 0 Å². The van der Waals surface area contributed by atoms with Crippen molar-refractivity contribution in [1.29, 1.82) is 0 Å². The van der Waals surface area contributed by atoms with Crippen molar-refractivity contribution in [2.45, 2.75) is 25.7 Å². The summed E-state index contributed by atoms with van der Waals surface area (Å²) in [6, 6.07) is 1.71. The quantitative estimate of drug-likeness (QED) is 0.813. The zero-order valence-electron chi connectivity index (χ0n) is 9.70. The Bertz CT molecular complexity index is 378. The molecule has 0 aromatic carbocycles. The lowest BCUT2D eigenvalue weighted by molar-refractivity contribution is 0.0939. The van der Waals surface area contributed by atoms with Gasteiger partial charge in [0.2, 0.25) is 0 Å². The molecular weight excluding hydrogens is 202 g/mol. The highest BCUT2D eigenvalue weighted by Gasteiger charge is 2.17. The molecule has 0 bridgehead atoms. The van der Waals surface area contributed by atoms with E-state index in [0.717, 1.165) is 6.54 Å². The van der Waals surface area contributed by atoms with Crippen molar-refractivity contribution in [3.05, 3.63) is 18.0 Å². The second-order valence-corrected chi connectivity index (χ2v) is 4.63. The molecule has 1 fully saturated rings. The average molecular weight is 221 g/mol. The van der Waals surface area contributed by atoms with Gasteiger partial charge in [0.1, 0.15) is 5.69 Å². The molecule has 1 aromatic rings. The molecular formula is C12H19N3O. The number of rotatable bonds is 3. The number of hydrogen-bond acceptors (Lipinski definition) is 2. The van der Waals surface area contributed by atoms with Crippen LogP contribution in [-0.2, 0) is 7.05 Å². The maximum Gasteiger partial charge on any atom is 0.267 e. The molecule has 0 radical (unpaired) electrons. The summed E-state index contributed by atoms with van der Waals surface area (Å²) in [7, 11) is 1.83.